The average Bonchev–Trinajstić information content (AvgIpc) is 2.33. The Kier molecular flexibility index (Phi) is 10.7. The number of hydrogen-bond donors (Lipinski definition) is 1. The summed E-state index contributed by atoms with van der Waals surface area (Å²) in [6.45, 7) is 7.46. The number of rotatable bonds is 13. The molecule has 0 saturated heterocycles. The predicted octanol–water partition coefficient (Wildman–Crippen LogP) is 2.48. The highest BCUT2D eigenvalue weighted by molar-refractivity contribution is 7.85. The van der Waals surface area contributed by atoms with E-state index in [0.29, 0.717) is 26.2 Å². The topological polar surface area (TPSA) is 82.1 Å². The van der Waals surface area contributed by atoms with Crippen molar-refractivity contribution < 1.29 is 26.2 Å². The van der Waals surface area contributed by atoms with Crippen LogP contribution in [0.3, 0.4) is 0 Å². The van der Waals surface area contributed by atoms with E-state index in [0.717, 1.165) is 25.3 Å². The lowest BCUT2D eigenvalue weighted by molar-refractivity contribution is 0.0706. The second kappa shape index (κ2) is 10.7. The summed E-state index contributed by atoms with van der Waals surface area (Å²) in [5.74, 6) is -0.169. The van der Waals surface area contributed by atoms with E-state index in [1.165, 1.54) is 0 Å². The van der Waals surface area contributed by atoms with Gasteiger partial charge in [0.1, 0.15) is 0 Å². The molecule has 0 aliphatic heterocycles. The van der Waals surface area contributed by atoms with Crippen LogP contribution in [0.5, 0.6) is 0 Å². The molecule has 0 unspecified atom stereocenters. The molecule has 0 radical (unpaired) electrons. The van der Waals surface area contributed by atoms with Gasteiger partial charge in [0.25, 0.3) is 10.1 Å². The molecule has 0 rings (SSSR count). The van der Waals surface area contributed by atoms with Crippen molar-refractivity contribution in [1.82, 2.24) is 0 Å². The standard InChI is InChI=1S/C12H28O6SSi/c1-4-16-20(17-5-2,18-6-3)12-10-8-7-9-11-19(13,14)15/h4-12H2,1-3H3,(H,13,14,15). The van der Waals surface area contributed by atoms with Gasteiger partial charge in [-0.25, -0.2) is 0 Å². The van der Waals surface area contributed by atoms with Crippen molar-refractivity contribution in [3.05, 3.63) is 0 Å². The van der Waals surface area contributed by atoms with E-state index < -0.39 is 18.9 Å². The molecule has 0 aromatic carbocycles. The van der Waals surface area contributed by atoms with Crippen LogP contribution in [-0.2, 0) is 23.4 Å². The molecule has 122 valence electrons. The summed E-state index contributed by atoms with van der Waals surface area (Å²) in [5.41, 5.74) is 0. The van der Waals surface area contributed by atoms with Crippen molar-refractivity contribution in [3.8, 4) is 0 Å². The zero-order chi connectivity index (χ0) is 15.5. The van der Waals surface area contributed by atoms with Gasteiger partial charge in [-0.2, -0.15) is 8.42 Å². The SMILES string of the molecule is CCO[Si](CCCCCCS(=O)(=O)O)(OCC)OCC. The summed E-state index contributed by atoms with van der Waals surface area (Å²) in [6, 6.07) is 0.744. The Hall–Kier alpha value is 0.00688. The van der Waals surface area contributed by atoms with E-state index in [1.54, 1.807) is 0 Å². The smallest absolute Gasteiger partial charge is 0.374 e. The quantitative estimate of drug-likeness (QED) is 0.318. The van der Waals surface area contributed by atoms with E-state index >= 15 is 0 Å². The van der Waals surface area contributed by atoms with Crippen LogP contribution in [0, 0.1) is 0 Å². The second-order valence-electron chi connectivity index (χ2n) is 4.43. The molecule has 0 aromatic heterocycles. The zero-order valence-corrected chi connectivity index (χ0v) is 14.6. The van der Waals surface area contributed by atoms with E-state index in [2.05, 4.69) is 0 Å². The van der Waals surface area contributed by atoms with Crippen LogP contribution < -0.4 is 0 Å². The molecule has 0 saturated carbocycles. The minimum atomic E-state index is -3.83. The van der Waals surface area contributed by atoms with Gasteiger partial charge in [-0.05, 0) is 33.6 Å². The van der Waals surface area contributed by atoms with Gasteiger partial charge in [-0.3, -0.25) is 4.55 Å². The first-order valence-electron chi connectivity index (χ1n) is 7.26. The van der Waals surface area contributed by atoms with Crippen molar-refractivity contribution in [2.24, 2.45) is 0 Å². The van der Waals surface area contributed by atoms with Gasteiger partial charge in [0.2, 0.25) is 0 Å². The Morgan fingerprint density at radius 1 is 0.850 bits per heavy atom. The van der Waals surface area contributed by atoms with Crippen molar-refractivity contribution in [3.63, 3.8) is 0 Å². The van der Waals surface area contributed by atoms with Gasteiger partial charge >= 0.3 is 8.80 Å². The fourth-order valence-electron chi connectivity index (χ4n) is 1.98. The molecule has 1 N–H and O–H groups in total. The minimum Gasteiger partial charge on any atom is -0.374 e. The van der Waals surface area contributed by atoms with Crippen molar-refractivity contribution >= 4 is 18.9 Å². The monoisotopic (exact) mass is 328 g/mol. The Morgan fingerprint density at radius 2 is 1.30 bits per heavy atom. The molecule has 0 aliphatic carbocycles. The van der Waals surface area contributed by atoms with Crippen LogP contribution in [0.1, 0.15) is 46.5 Å². The van der Waals surface area contributed by atoms with E-state index in [9.17, 15) is 8.42 Å². The van der Waals surface area contributed by atoms with Gasteiger partial charge in [-0.1, -0.05) is 12.8 Å². The van der Waals surface area contributed by atoms with Gasteiger partial charge in [0, 0.05) is 25.9 Å². The Bertz CT molecular complexity index is 316. The van der Waals surface area contributed by atoms with Crippen LogP contribution in [0.4, 0.5) is 0 Å². The molecule has 0 bridgehead atoms. The molecular formula is C12H28O6SSi. The maximum atomic E-state index is 10.6. The Morgan fingerprint density at radius 3 is 1.70 bits per heavy atom. The normalized spacial score (nSPS) is 12.8. The van der Waals surface area contributed by atoms with Crippen molar-refractivity contribution in [2.45, 2.75) is 52.5 Å². The lowest BCUT2D eigenvalue weighted by Crippen LogP contribution is -2.45. The molecular weight excluding hydrogens is 300 g/mol. The number of hydrogen-bond acceptors (Lipinski definition) is 5. The summed E-state index contributed by atoms with van der Waals surface area (Å²) in [5, 5.41) is 0. The van der Waals surface area contributed by atoms with Crippen molar-refractivity contribution in [1.29, 1.82) is 0 Å². The average molecular weight is 329 g/mol. The Labute approximate surface area is 123 Å². The third-order valence-electron chi connectivity index (χ3n) is 2.73. The summed E-state index contributed by atoms with van der Waals surface area (Å²) < 4.78 is 47.0. The summed E-state index contributed by atoms with van der Waals surface area (Å²) in [7, 11) is -6.39. The Balaban J connectivity index is 4.06. The van der Waals surface area contributed by atoms with Crippen LogP contribution in [0.25, 0.3) is 0 Å². The molecule has 0 aliphatic rings. The molecule has 0 amide bonds. The van der Waals surface area contributed by atoms with E-state index in [1.807, 2.05) is 20.8 Å². The third kappa shape index (κ3) is 9.84. The first-order valence-corrected chi connectivity index (χ1v) is 10.8. The molecule has 8 heteroatoms. The summed E-state index contributed by atoms with van der Waals surface area (Å²) in [6.07, 6.45) is 2.98. The molecule has 0 fully saturated rings. The first kappa shape index (κ1) is 20.0. The third-order valence-corrected chi connectivity index (χ3v) is 6.68. The first-order chi connectivity index (χ1) is 9.39. The fourth-order valence-corrected chi connectivity index (χ4v) is 5.24. The van der Waals surface area contributed by atoms with Gasteiger partial charge in [0.05, 0.1) is 5.75 Å². The van der Waals surface area contributed by atoms with Gasteiger partial charge in [-0.15, -0.1) is 0 Å². The highest BCUT2D eigenvalue weighted by atomic mass is 32.2. The van der Waals surface area contributed by atoms with Crippen LogP contribution in [0.2, 0.25) is 6.04 Å². The number of unbranched alkanes of at least 4 members (excludes halogenated alkanes) is 3. The largest absolute Gasteiger partial charge is 0.500 e. The maximum Gasteiger partial charge on any atom is 0.500 e. The van der Waals surface area contributed by atoms with Gasteiger partial charge < -0.3 is 13.3 Å². The fraction of sp³-hybridized carbons (Fsp3) is 1.00. The molecule has 0 atom stereocenters. The zero-order valence-electron chi connectivity index (χ0n) is 12.8. The highest BCUT2D eigenvalue weighted by Gasteiger charge is 2.39. The molecule has 6 nitrogen and oxygen atoms in total. The maximum absolute atomic E-state index is 10.6. The minimum absolute atomic E-state index is 0.169. The van der Waals surface area contributed by atoms with E-state index in [4.69, 9.17) is 17.8 Å². The van der Waals surface area contributed by atoms with Crippen LogP contribution in [-0.4, -0.2) is 47.3 Å². The van der Waals surface area contributed by atoms with Gasteiger partial charge in [0.15, 0.2) is 0 Å². The molecule has 20 heavy (non-hydrogen) atoms. The highest BCUT2D eigenvalue weighted by Crippen LogP contribution is 2.20. The molecule has 0 spiro atoms. The molecule has 0 aromatic rings. The van der Waals surface area contributed by atoms with Crippen LogP contribution >= 0.6 is 0 Å². The lowest BCUT2D eigenvalue weighted by atomic mass is 10.2. The summed E-state index contributed by atoms with van der Waals surface area (Å²) in [4.78, 5) is 0. The molecule has 0 heterocycles. The van der Waals surface area contributed by atoms with Crippen molar-refractivity contribution in [2.75, 3.05) is 25.6 Å². The van der Waals surface area contributed by atoms with E-state index in [-0.39, 0.29) is 5.75 Å². The second-order valence-corrected chi connectivity index (χ2v) is 8.74. The predicted molar refractivity (Wildman–Crippen MR) is 80.3 cm³/mol. The summed E-state index contributed by atoms with van der Waals surface area (Å²) >= 11 is 0. The lowest BCUT2D eigenvalue weighted by Gasteiger charge is -2.28. The van der Waals surface area contributed by atoms with Crippen LogP contribution in [0.15, 0.2) is 0 Å².